The molecule has 0 saturated heterocycles. The van der Waals surface area contributed by atoms with Crippen molar-refractivity contribution < 1.29 is 27.5 Å². The fourth-order valence-corrected chi connectivity index (χ4v) is 1.53. The Morgan fingerprint density at radius 1 is 1.25 bits per heavy atom. The molecular weight excluding hydrogens is 275 g/mol. The van der Waals surface area contributed by atoms with Crippen LogP contribution in [0, 0.1) is 0 Å². The average Bonchev–Trinajstić information content (AvgIpc) is 2.37. The van der Waals surface area contributed by atoms with Gasteiger partial charge in [-0.3, -0.25) is 4.79 Å². The van der Waals surface area contributed by atoms with Crippen LogP contribution in [0.15, 0.2) is 24.3 Å². The van der Waals surface area contributed by atoms with E-state index >= 15 is 0 Å². The maximum absolute atomic E-state index is 12.4. The number of hydrogen-bond donors (Lipinski definition) is 1. The van der Waals surface area contributed by atoms with E-state index in [1.807, 2.05) is 0 Å². The number of amides is 1. The molecule has 0 spiro atoms. The minimum absolute atomic E-state index is 0.112. The molecule has 110 valence electrons. The highest BCUT2D eigenvalue weighted by molar-refractivity contribution is 5.85. The van der Waals surface area contributed by atoms with E-state index in [0.717, 1.165) is 12.1 Å². The zero-order valence-corrected chi connectivity index (χ0v) is 11.0. The van der Waals surface area contributed by atoms with Gasteiger partial charge in [-0.2, -0.15) is 13.2 Å². The number of carbonyl (C=O) groups is 2. The van der Waals surface area contributed by atoms with Crippen LogP contribution in [0.4, 0.5) is 13.2 Å². The van der Waals surface area contributed by atoms with Gasteiger partial charge < -0.3 is 10.1 Å². The topological polar surface area (TPSA) is 55.4 Å². The van der Waals surface area contributed by atoms with E-state index < -0.39 is 29.7 Å². The van der Waals surface area contributed by atoms with Gasteiger partial charge in [0.15, 0.2) is 0 Å². The fourth-order valence-electron chi connectivity index (χ4n) is 1.53. The van der Waals surface area contributed by atoms with Gasteiger partial charge in [-0.25, -0.2) is 4.79 Å². The van der Waals surface area contributed by atoms with Gasteiger partial charge in [-0.05, 0) is 24.6 Å². The van der Waals surface area contributed by atoms with Crippen molar-refractivity contribution in [3.63, 3.8) is 0 Å². The summed E-state index contributed by atoms with van der Waals surface area (Å²) in [7, 11) is 1.20. The van der Waals surface area contributed by atoms with Crippen LogP contribution in [0.3, 0.4) is 0 Å². The molecule has 0 aliphatic rings. The van der Waals surface area contributed by atoms with Gasteiger partial charge in [0.2, 0.25) is 5.91 Å². The van der Waals surface area contributed by atoms with Gasteiger partial charge in [0.25, 0.3) is 0 Å². The molecule has 0 fully saturated rings. The Morgan fingerprint density at radius 2 is 1.80 bits per heavy atom. The average molecular weight is 289 g/mol. The molecule has 0 radical (unpaired) electrons. The van der Waals surface area contributed by atoms with Crippen molar-refractivity contribution in [3.05, 3.63) is 35.4 Å². The summed E-state index contributed by atoms with van der Waals surface area (Å²) in [6.07, 6.45) is -4.51. The Morgan fingerprint density at radius 3 is 2.25 bits per heavy atom. The van der Waals surface area contributed by atoms with Crippen LogP contribution in [-0.4, -0.2) is 25.0 Å². The lowest BCUT2D eigenvalue weighted by Gasteiger charge is -2.12. The van der Waals surface area contributed by atoms with Crippen molar-refractivity contribution in [1.29, 1.82) is 0 Å². The van der Waals surface area contributed by atoms with E-state index in [-0.39, 0.29) is 6.42 Å². The second-order valence-electron chi connectivity index (χ2n) is 4.18. The van der Waals surface area contributed by atoms with Crippen molar-refractivity contribution in [2.75, 3.05) is 7.11 Å². The predicted octanol–water partition coefficient (Wildman–Crippen LogP) is 1.93. The number of benzene rings is 1. The zero-order chi connectivity index (χ0) is 15.3. The van der Waals surface area contributed by atoms with Gasteiger partial charge in [-0.1, -0.05) is 12.1 Å². The Hall–Kier alpha value is -2.05. The molecule has 4 nitrogen and oxygen atoms in total. The summed E-state index contributed by atoms with van der Waals surface area (Å²) >= 11 is 0. The molecule has 1 amide bonds. The number of halogens is 3. The number of ether oxygens (including phenoxy) is 1. The van der Waals surface area contributed by atoms with Gasteiger partial charge in [-0.15, -0.1) is 0 Å². The summed E-state index contributed by atoms with van der Waals surface area (Å²) < 4.78 is 41.5. The van der Waals surface area contributed by atoms with E-state index in [4.69, 9.17) is 0 Å². The molecule has 1 unspecified atom stereocenters. The van der Waals surface area contributed by atoms with E-state index in [1.54, 1.807) is 0 Å². The number of rotatable bonds is 4. The van der Waals surface area contributed by atoms with E-state index in [2.05, 4.69) is 10.1 Å². The van der Waals surface area contributed by atoms with Crippen LogP contribution in [0.2, 0.25) is 0 Å². The third kappa shape index (κ3) is 4.56. The molecule has 0 aliphatic carbocycles. The summed E-state index contributed by atoms with van der Waals surface area (Å²) in [5.74, 6) is -1.06. The first-order valence-corrected chi connectivity index (χ1v) is 5.77. The van der Waals surface area contributed by atoms with E-state index in [9.17, 15) is 22.8 Å². The van der Waals surface area contributed by atoms with Gasteiger partial charge >= 0.3 is 12.1 Å². The minimum atomic E-state index is -4.40. The molecule has 7 heteroatoms. The lowest BCUT2D eigenvalue weighted by molar-refractivity contribution is -0.144. The first kappa shape index (κ1) is 16.0. The SMILES string of the molecule is COC(=O)C(C)NC(=O)Cc1ccc(C(F)(F)F)cc1. The van der Waals surface area contributed by atoms with E-state index in [1.165, 1.54) is 26.2 Å². The highest BCUT2D eigenvalue weighted by Gasteiger charge is 2.30. The van der Waals surface area contributed by atoms with Crippen LogP contribution < -0.4 is 5.32 Å². The van der Waals surface area contributed by atoms with Crippen molar-refractivity contribution in [3.8, 4) is 0 Å². The summed E-state index contributed by atoms with van der Waals surface area (Å²) in [5, 5.41) is 2.39. The van der Waals surface area contributed by atoms with Crippen LogP contribution in [-0.2, 0) is 26.9 Å². The molecule has 1 aromatic rings. The van der Waals surface area contributed by atoms with Crippen LogP contribution in [0.1, 0.15) is 18.1 Å². The first-order chi connectivity index (χ1) is 9.24. The van der Waals surface area contributed by atoms with Crippen LogP contribution in [0.25, 0.3) is 0 Å². The smallest absolute Gasteiger partial charge is 0.416 e. The summed E-state index contributed by atoms with van der Waals surface area (Å²) in [4.78, 5) is 22.7. The molecule has 0 aliphatic heterocycles. The number of nitrogens with one attached hydrogen (secondary N) is 1. The van der Waals surface area contributed by atoms with Crippen LogP contribution >= 0.6 is 0 Å². The zero-order valence-electron chi connectivity index (χ0n) is 11.0. The summed E-state index contributed by atoms with van der Waals surface area (Å²) in [5.41, 5.74) is -0.350. The second kappa shape index (κ2) is 6.40. The molecule has 0 heterocycles. The summed E-state index contributed by atoms with van der Waals surface area (Å²) in [6.45, 7) is 1.45. The number of alkyl halides is 3. The third-order valence-electron chi connectivity index (χ3n) is 2.58. The molecule has 1 atom stereocenters. The van der Waals surface area contributed by atoms with E-state index in [0.29, 0.717) is 5.56 Å². The Kier molecular flexibility index (Phi) is 5.12. The van der Waals surface area contributed by atoms with Gasteiger partial charge in [0.1, 0.15) is 6.04 Å². The fraction of sp³-hybridized carbons (Fsp3) is 0.385. The molecule has 1 N–H and O–H groups in total. The first-order valence-electron chi connectivity index (χ1n) is 5.77. The minimum Gasteiger partial charge on any atom is -0.467 e. The molecule has 0 saturated carbocycles. The Balaban J connectivity index is 2.61. The summed E-state index contributed by atoms with van der Waals surface area (Å²) in [6, 6.07) is 3.47. The number of esters is 1. The molecule has 20 heavy (non-hydrogen) atoms. The molecule has 0 aromatic heterocycles. The maximum Gasteiger partial charge on any atom is 0.416 e. The number of hydrogen-bond acceptors (Lipinski definition) is 3. The van der Waals surface area contributed by atoms with Crippen molar-refractivity contribution in [2.45, 2.75) is 25.6 Å². The Labute approximate surface area is 113 Å². The highest BCUT2D eigenvalue weighted by Crippen LogP contribution is 2.29. The van der Waals surface area contributed by atoms with Crippen molar-refractivity contribution >= 4 is 11.9 Å². The van der Waals surface area contributed by atoms with Crippen molar-refractivity contribution in [2.24, 2.45) is 0 Å². The van der Waals surface area contributed by atoms with Crippen molar-refractivity contribution in [1.82, 2.24) is 5.32 Å². The Bertz CT molecular complexity index is 483. The normalized spacial score (nSPS) is 12.7. The largest absolute Gasteiger partial charge is 0.467 e. The predicted molar refractivity (Wildman–Crippen MR) is 64.8 cm³/mol. The molecule has 1 aromatic carbocycles. The molecular formula is C13H14F3NO3. The van der Waals surface area contributed by atoms with Crippen LogP contribution in [0.5, 0.6) is 0 Å². The standard InChI is InChI=1S/C13H14F3NO3/c1-8(12(19)20-2)17-11(18)7-9-3-5-10(6-4-9)13(14,15)16/h3-6,8H,7H2,1-2H3,(H,17,18). The molecule has 1 rings (SSSR count). The number of carbonyl (C=O) groups excluding carboxylic acids is 2. The second-order valence-corrected chi connectivity index (χ2v) is 4.18. The lowest BCUT2D eigenvalue weighted by Crippen LogP contribution is -2.39. The lowest BCUT2D eigenvalue weighted by atomic mass is 10.1. The maximum atomic E-state index is 12.4. The number of methoxy groups -OCH3 is 1. The van der Waals surface area contributed by atoms with Gasteiger partial charge in [0.05, 0.1) is 19.1 Å². The third-order valence-corrected chi connectivity index (χ3v) is 2.58. The quantitative estimate of drug-likeness (QED) is 0.862. The monoisotopic (exact) mass is 289 g/mol. The van der Waals surface area contributed by atoms with Gasteiger partial charge in [0, 0.05) is 0 Å². The molecule has 0 bridgehead atoms. The highest BCUT2D eigenvalue weighted by atomic mass is 19.4.